The summed E-state index contributed by atoms with van der Waals surface area (Å²) in [5.74, 6) is 1.74. The van der Waals surface area contributed by atoms with Crippen LogP contribution >= 0.6 is 23.4 Å². The Hall–Kier alpha value is -2.55. The van der Waals surface area contributed by atoms with Gasteiger partial charge < -0.3 is 10.1 Å². The summed E-state index contributed by atoms with van der Waals surface area (Å²) < 4.78 is 7.37. The lowest BCUT2D eigenvalue weighted by atomic mass is 10.1. The molecule has 7 nitrogen and oxygen atoms in total. The van der Waals surface area contributed by atoms with E-state index in [4.69, 9.17) is 16.3 Å². The van der Waals surface area contributed by atoms with Crippen molar-refractivity contribution in [2.24, 2.45) is 0 Å². The summed E-state index contributed by atoms with van der Waals surface area (Å²) in [6, 6.07) is 15.1. The van der Waals surface area contributed by atoms with E-state index in [2.05, 4.69) is 31.9 Å². The van der Waals surface area contributed by atoms with E-state index < -0.39 is 0 Å². The van der Waals surface area contributed by atoms with Gasteiger partial charge in [0, 0.05) is 16.4 Å². The Bertz CT molecular complexity index is 1080. The minimum absolute atomic E-state index is 0.120. The maximum atomic E-state index is 12.6. The highest BCUT2D eigenvalue weighted by atomic mass is 35.5. The van der Waals surface area contributed by atoms with E-state index in [0.717, 1.165) is 30.4 Å². The molecular formula is C24H28ClN5O2S. The first-order valence-corrected chi connectivity index (χ1v) is 12.4. The van der Waals surface area contributed by atoms with Crippen LogP contribution in [-0.2, 0) is 4.79 Å². The second kappa shape index (κ2) is 11.0. The van der Waals surface area contributed by atoms with Gasteiger partial charge in [0.25, 0.3) is 0 Å². The first-order valence-electron chi connectivity index (χ1n) is 11.1. The molecule has 0 saturated carbocycles. The summed E-state index contributed by atoms with van der Waals surface area (Å²) in [7, 11) is 1.65. The lowest BCUT2D eigenvalue weighted by Crippen LogP contribution is -2.33. The van der Waals surface area contributed by atoms with Crippen molar-refractivity contribution >= 4 is 35.0 Å². The van der Waals surface area contributed by atoms with Gasteiger partial charge in [0.2, 0.25) is 5.91 Å². The number of rotatable bonds is 8. The number of likely N-dealkylation sites (tertiary alicyclic amines) is 1. The van der Waals surface area contributed by atoms with E-state index in [1.165, 1.54) is 31.0 Å². The van der Waals surface area contributed by atoms with Crippen LogP contribution < -0.4 is 10.1 Å². The summed E-state index contributed by atoms with van der Waals surface area (Å²) in [5, 5.41) is 13.2. The van der Waals surface area contributed by atoms with Crippen LogP contribution in [0.2, 0.25) is 5.02 Å². The number of amides is 1. The van der Waals surface area contributed by atoms with E-state index in [0.29, 0.717) is 15.9 Å². The minimum Gasteiger partial charge on any atom is -0.497 e. The summed E-state index contributed by atoms with van der Waals surface area (Å²) in [4.78, 5) is 15.0. The first kappa shape index (κ1) is 23.6. The number of piperidine rings is 1. The van der Waals surface area contributed by atoms with Gasteiger partial charge in [-0.1, -0.05) is 35.9 Å². The third kappa shape index (κ3) is 5.88. The Labute approximate surface area is 203 Å². The average Bonchev–Trinajstić information content (AvgIpc) is 3.27. The molecule has 0 aliphatic carbocycles. The van der Waals surface area contributed by atoms with Gasteiger partial charge >= 0.3 is 0 Å². The fourth-order valence-corrected chi connectivity index (χ4v) is 4.93. The number of carbonyl (C=O) groups is 1. The van der Waals surface area contributed by atoms with E-state index in [9.17, 15) is 4.79 Å². The number of aromatic nitrogens is 3. The maximum Gasteiger partial charge on any atom is 0.234 e. The molecule has 2 heterocycles. The maximum absolute atomic E-state index is 12.6. The molecule has 1 N–H and O–H groups in total. The molecule has 0 bridgehead atoms. The highest BCUT2D eigenvalue weighted by Crippen LogP contribution is 2.30. The fourth-order valence-electron chi connectivity index (χ4n) is 3.98. The SMILES string of the molecule is COc1ccc(-n2c(SCC(=O)Nc3cccc(Cl)c3)nnc2C(C)N2CCCCC2)cc1. The number of hydrogen-bond acceptors (Lipinski definition) is 6. The largest absolute Gasteiger partial charge is 0.497 e. The van der Waals surface area contributed by atoms with E-state index in [1.807, 2.05) is 30.3 Å². The molecule has 174 valence electrons. The van der Waals surface area contributed by atoms with E-state index in [-0.39, 0.29) is 17.7 Å². The van der Waals surface area contributed by atoms with Crippen molar-refractivity contribution in [3.63, 3.8) is 0 Å². The van der Waals surface area contributed by atoms with Crippen molar-refractivity contribution in [2.45, 2.75) is 37.4 Å². The number of anilines is 1. The number of thioether (sulfide) groups is 1. The second-order valence-corrected chi connectivity index (χ2v) is 9.37. The Kier molecular flexibility index (Phi) is 7.90. The smallest absolute Gasteiger partial charge is 0.234 e. The lowest BCUT2D eigenvalue weighted by molar-refractivity contribution is -0.113. The molecule has 1 amide bonds. The summed E-state index contributed by atoms with van der Waals surface area (Å²) in [5.41, 5.74) is 1.61. The number of methoxy groups -OCH3 is 1. The van der Waals surface area contributed by atoms with Gasteiger partial charge in [-0.25, -0.2) is 0 Å². The molecule has 1 aromatic heterocycles. The number of ether oxygens (including phenoxy) is 1. The van der Waals surface area contributed by atoms with Gasteiger partial charge in [-0.15, -0.1) is 10.2 Å². The fraction of sp³-hybridized carbons (Fsp3) is 0.375. The van der Waals surface area contributed by atoms with Gasteiger partial charge in [0.05, 0.1) is 18.9 Å². The molecule has 0 spiro atoms. The summed E-state index contributed by atoms with van der Waals surface area (Å²) >= 11 is 7.38. The van der Waals surface area contributed by atoms with E-state index in [1.54, 1.807) is 25.3 Å². The van der Waals surface area contributed by atoms with Gasteiger partial charge in [-0.05, 0) is 75.3 Å². The molecule has 1 unspecified atom stereocenters. The molecule has 9 heteroatoms. The van der Waals surface area contributed by atoms with Gasteiger partial charge in [0.1, 0.15) is 5.75 Å². The standard InChI is InChI=1S/C24H28ClN5O2S/c1-17(29-13-4-3-5-14-29)23-27-28-24(30(23)20-9-11-21(32-2)12-10-20)33-16-22(31)26-19-8-6-7-18(25)15-19/h6-12,15,17H,3-5,13-14,16H2,1-2H3,(H,26,31). The number of benzene rings is 2. The van der Waals surface area contributed by atoms with Crippen LogP contribution in [0, 0.1) is 0 Å². The molecular weight excluding hydrogens is 458 g/mol. The number of halogens is 1. The molecule has 2 aromatic carbocycles. The Morgan fingerprint density at radius 2 is 1.91 bits per heavy atom. The van der Waals surface area contributed by atoms with Crippen molar-refractivity contribution in [1.29, 1.82) is 0 Å². The number of carbonyl (C=O) groups excluding carboxylic acids is 1. The Morgan fingerprint density at radius 1 is 1.15 bits per heavy atom. The predicted octanol–water partition coefficient (Wildman–Crippen LogP) is 5.21. The van der Waals surface area contributed by atoms with Crippen molar-refractivity contribution < 1.29 is 9.53 Å². The van der Waals surface area contributed by atoms with Crippen molar-refractivity contribution in [3.05, 3.63) is 59.4 Å². The van der Waals surface area contributed by atoms with Crippen molar-refractivity contribution in [1.82, 2.24) is 19.7 Å². The highest BCUT2D eigenvalue weighted by Gasteiger charge is 2.26. The monoisotopic (exact) mass is 485 g/mol. The van der Waals surface area contributed by atoms with Crippen molar-refractivity contribution in [2.75, 3.05) is 31.3 Å². The highest BCUT2D eigenvalue weighted by molar-refractivity contribution is 7.99. The molecule has 1 fully saturated rings. The summed E-state index contributed by atoms with van der Waals surface area (Å²) in [6.07, 6.45) is 3.68. The van der Waals surface area contributed by atoms with Crippen LogP contribution in [0.25, 0.3) is 5.69 Å². The quantitative estimate of drug-likeness (QED) is 0.442. The molecule has 1 atom stereocenters. The second-order valence-electron chi connectivity index (χ2n) is 7.99. The number of nitrogens with one attached hydrogen (secondary N) is 1. The van der Waals surface area contributed by atoms with Gasteiger partial charge in [-0.2, -0.15) is 0 Å². The zero-order chi connectivity index (χ0) is 23.2. The zero-order valence-corrected chi connectivity index (χ0v) is 20.4. The molecule has 4 rings (SSSR count). The van der Waals surface area contributed by atoms with E-state index >= 15 is 0 Å². The average molecular weight is 486 g/mol. The Balaban J connectivity index is 1.56. The van der Waals surface area contributed by atoms with Gasteiger partial charge in [-0.3, -0.25) is 14.3 Å². The zero-order valence-electron chi connectivity index (χ0n) is 18.8. The number of hydrogen-bond donors (Lipinski definition) is 1. The van der Waals surface area contributed by atoms with Crippen LogP contribution in [0.15, 0.2) is 53.7 Å². The third-order valence-corrected chi connectivity index (χ3v) is 6.91. The third-order valence-electron chi connectivity index (χ3n) is 5.74. The van der Waals surface area contributed by atoms with Crippen molar-refractivity contribution in [3.8, 4) is 11.4 Å². The van der Waals surface area contributed by atoms with Crippen LogP contribution in [0.1, 0.15) is 38.1 Å². The lowest BCUT2D eigenvalue weighted by Gasteiger charge is -2.31. The normalized spacial score (nSPS) is 15.2. The van der Waals surface area contributed by atoms with Crippen LogP contribution in [0.4, 0.5) is 5.69 Å². The van der Waals surface area contributed by atoms with Crippen LogP contribution in [-0.4, -0.2) is 51.5 Å². The van der Waals surface area contributed by atoms with Crippen LogP contribution in [0.3, 0.4) is 0 Å². The molecule has 33 heavy (non-hydrogen) atoms. The molecule has 1 saturated heterocycles. The minimum atomic E-state index is -0.128. The predicted molar refractivity (Wildman–Crippen MR) is 133 cm³/mol. The molecule has 3 aromatic rings. The molecule has 0 radical (unpaired) electrons. The van der Waals surface area contributed by atoms with Gasteiger partial charge in [0.15, 0.2) is 11.0 Å². The topological polar surface area (TPSA) is 72.3 Å². The number of nitrogens with zero attached hydrogens (tertiary/aromatic N) is 4. The Morgan fingerprint density at radius 3 is 2.61 bits per heavy atom. The molecule has 1 aliphatic heterocycles. The molecule has 1 aliphatic rings. The summed E-state index contributed by atoms with van der Waals surface area (Å²) in [6.45, 7) is 4.29. The van der Waals surface area contributed by atoms with Crippen LogP contribution in [0.5, 0.6) is 5.75 Å². The first-order chi connectivity index (χ1) is 16.0.